The van der Waals surface area contributed by atoms with E-state index in [1.165, 1.54) is 55.2 Å². The van der Waals surface area contributed by atoms with Gasteiger partial charge in [-0.1, -0.05) is 146 Å². The van der Waals surface area contributed by atoms with Gasteiger partial charge in [0.15, 0.2) is 0 Å². The van der Waals surface area contributed by atoms with Gasteiger partial charge in [-0.15, -0.1) is 0 Å². The number of nitrogens with zero attached hydrogens (tertiary/aromatic N) is 2. The molecule has 0 fully saturated rings. The maximum absolute atomic E-state index is 2.36. The van der Waals surface area contributed by atoms with Crippen LogP contribution in [-0.4, -0.2) is 4.57 Å². The monoisotopic (exact) mass is 638 g/mol. The van der Waals surface area contributed by atoms with Crippen LogP contribution in [0.5, 0.6) is 0 Å². The first kappa shape index (κ1) is 29.5. The molecule has 8 aromatic carbocycles. The van der Waals surface area contributed by atoms with E-state index >= 15 is 0 Å². The summed E-state index contributed by atoms with van der Waals surface area (Å²) in [7, 11) is 0. The van der Waals surface area contributed by atoms with Crippen LogP contribution in [0, 0.1) is 0 Å². The Hall–Kier alpha value is -6.64. The molecule has 0 saturated heterocycles. The van der Waals surface area contributed by atoms with Crippen LogP contribution in [0.15, 0.2) is 206 Å². The van der Waals surface area contributed by atoms with Crippen molar-refractivity contribution in [3.63, 3.8) is 0 Å². The number of benzene rings is 8. The highest BCUT2D eigenvalue weighted by Gasteiger charge is 2.15. The summed E-state index contributed by atoms with van der Waals surface area (Å²) in [4.78, 5) is 2.32. The van der Waals surface area contributed by atoms with Gasteiger partial charge >= 0.3 is 0 Å². The van der Waals surface area contributed by atoms with E-state index in [1.807, 2.05) is 0 Å². The SMILES string of the molecule is c1ccc(-c2ccccc2-c2ccc(N(c3ccccc3)c3ccc(-c4ccc(-n5c6ccccc6c6ccccc65)cc4)cc3)cc2)cc1. The minimum Gasteiger partial charge on any atom is -0.311 e. The zero-order chi connectivity index (χ0) is 33.3. The molecule has 0 unspecified atom stereocenters. The largest absolute Gasteiger partial charge is 0.311 e. The van der Waals surface area contributed by atoms with Crippen molar-refractivity contribution in [3.8, 4) is 39.1 Å². The maximum atomic E-state index is 2.36. The van der Waals surface area contributed by atoms with Crippen LogP contribution in [0.3, 0.4) is 0 Å². The summed E-state index contributed by atoms with van der Waals surface area (Å²) in [6, 6.07) is 73.9. The summed E-state index contributed by atoms with van der Waals surface area (Å²) in [6.07, 6.45) is 0. The Balaban J connectivity index is 1.03. The Kier molecular flexibility index (Phi) is 7.53. The van der Waals surface area contributed by atoms with Gasteiger partial charge in [0.2, 0.25) is 0 Å². The van der Waals surface area contributed by atoms with Gasteiger partial charge in [-0.25, -0.2) is 0 Å². The van der Waals surface area contributed by atoms with Crippen molar-refractivity contribution in [1.82, 2.24) is 4.57 Å². The van der Waals surface area contributed by atoms with Crippen molar-refractivity contribution in [2.24, 2.45) is 0 Å². The molecule has 0 bridgehead atoms. The van der Waals surface area contributed by atoms with Crippen molar-refractivity contribution in [1.29, 1.82) is 0 Å². The van der Waals surface area contributed by atoms with E-state index in [0.29, 0.717) is 0 Å². The van der Waals surface area contributed by atoms with Gasteiger partial charge in [0.25, 0.3) is 0 Å². The Morgan fingerprint density at radius 1 is 0.280 bits per heavy atom. The number of hydrogen-bond donors (Lipinski definition) is 0. The van der Waals surface area contributed by atoms with Gasteiger partial charge in [0.05, 0.1) is 11.0 Å². The Bertz CT molecular complexity index is 2490. The third kappa shape index (κ3) is 5.34. The first-order valence-corrected chi connectivity index (χ1v) is 17.1. The summed E-state index contributed by atoms with van der Waals surface area (Å²) in [5.41, 5.74) is 14.2. The van der Waals surface area contributed by atoms with Crippen LogP contribution >= 0.6 is 0 Å². The van der Waals surface area contributed by atoms with Gasteiger partial charge in [-0.3, -0.25) is 0 Å². The molecule has 2 nitrogen and oxygen atoms in total. The highest BCUT2D eigenvalue weighted by atomic mass is 15.1. The predicted molar refractivity (Wildman–Crippen MR) is 212 cm³/mol. The number of fused-ring (bicyclic) bond motifs is 3. The van der Waals surface area contributed by atoms with E-state index in [0.717, 1.165) is 22.7 Å². The Morgan fingerprint density at radius 2 is 0.660 bits per heavy atom. The molecule has 2 heteroatoms. The van der Waals surface area contributed by atoms with Gasteiger partial charge in [-0.05, 0) is 94.0 Å². The molecule has 0 atom stereocenters. The molecule has 0 aliphatic carbocycles. The van der Waals surface area contributed by atoms with Crippen LogP contribution < -0.4 is 4.90 Å². The zero-order valence-electron chi connectivity index (χ0n) is 27.5. The summed E-state index contributed by atoms with van der Waals surface area (Å²) in [5, 5.41) is 2.55. The van der Waals surface area contributed by atoms with E-state index in [2.05, 4.69) is 216 Å². The predicted octanol–water partition coefficient (Wildman–Crippen LogP) is 13.3. The first-order valence-electron chi connectivity index (χ1n) is 17.1. The van der Waals surface area contributed by atoms with E-state index in [4.69, 9.17) is 0 Å². The van der Waals surface area contributed by atoms with Crippen molar-refractivity contribution in [3.05, 3.63) is 206 Å². The quantitative estimate of drug-likeness (QED) is 0.169. The summed E-state index contributed by atoms with van der Waals surface area (Å²) in [6.45, 7) is 0. The molecule has 1 heterocycles. The summed E-state index contributed by atoms with van der Waals surface area (Å²) < 4.78 is 2.36. The number of hydrogen-bond acceptors (Lipinski definition) is 1. The second kappa shape index (κ2) is 12.8. The average Bonchev–Trinajstić information content (AvgIpc) is 3.54. The fourth-order valence-electron chi connectivity index (χ4n) is 7.23. The lowest BCUT2D eigenvalue weighted by molar-refractivity contribution is 1.18. The lowest BCUT2D eigenvalue weighted by atomic mass is 9.94. The molecule has 0 N–H and O–H groups in total. The van der Waals surface area contributed by atoms with Crippen molar-refractivity contribution in [2.45, 2.75) is 0 Å². The van der Waals surface area contributed by atoms with Crippen molar-refractivity contribution >= 4 is 38.9 Å². The number of anilines is 3. The second-order valence-corrected chi connectivity index (χ2v) is 12.6. The van der Waals surface area contributed by atoms with E-state index in [-0.39, 0.29) is 0 Å². The molecule has 9 rings (SSSR count). The molecule has 0 radical (unpaired) electrons. The van der Waals surface area contributed by atoms with Crippen LogP contribution in [0.2, 0.25) is 0 Å². The van der Waals surface area contributed by atoms with Gasteiger partial charge in [0, 0.05) is 33.5 Å². The van der Waals surface area contributed by atoms with Crippen molar-refractivity contribution < 1.29 is 0 Å². The molecule has 0 saturated carbocycles. The molecule has 236 valence electrons. The average molecular weight is 639 g/mol. The normalized spacial score (nSPS) is 11.2. The fourth-order valence-corrected chi connectivity index (χ4v) is 7.23. The summed E-state index contributed by atoms with van der Waals surface area (Å²) in [5.74, 6) is 0. The number of aromatic nitrogens is 1. The molecule has 0 amide bonds. The molecule has 9 aromatic rings. The van der Waals surface area contributed by atoms with Gasteiger partial charge in [0.1, 0.15) is 0 Å². The maximum Gasteiger partial charge on any atom is 0.0541 e. The molecule has 0 spiro atoms. The number of rotatable bonds is 7. The molecule has 0 aliphatic rings. The highest BCUT2D eigenvalue weighted by molar-refractivity contribution is 6.09. The molecule has 1 aromatic heterocycles. The fraction of sp³-hybridized carbons (Fsp3) is 0. The third-order valence-corrected chi connectivity index (χ3v) is 9.63. The minimum absolute atomic E-state index is 1.11. The molecular weight excluding hydrogens is 605 g/mol. The molecule has 0 aliphatic heterocycles. The highest BCUT2D eigenvalue weighted by Crippen LogP contribution is 2.39. The lowest BCUT2D eigenvalue weighted by Crippen LogP contribution is -2.09. The van der Waals surface area contributed by atoms with E-state index in [1.54, 1.807) is 0 Å². The lowest BCUT2D eigenvalue weighted by Gasteiger charge is -2.26. The van der Waals surface area contributed by atoms with Gasteiger partial charge in [-0.2, -0.15) is 0 Å². The van der Waals surface area contributed by atoms with Crippen LogP contribution in [0.25, 0.3) is 60.9 Å². The minimum atomic E-state index is 1.11. The standard InChI is InChI=1S/C48H34N2/c1-3-13-37(14-4-1)43-17-7-8-18-44(43)38-27-33-41(34-28-38)49(39-15-5-2-6-16-39)40-29-23-35(24-30-40)36-25-31-42(32-26-36)50-47-21-11-9-19-45(47)46-20-10-12-22-48(46)50/h1-34H. The van der Waals surface area contributed by atoms with E-state index in [9.17, 15) is 0 Å². The number of para-hydroxylation sites is 3. The molecular formula is C48H34N2. The first-order chi connectivity index (χ1) is 24.8. The molecule has 50 heavy (non-hydrogen) atoms. The van der Waals surface area contributed by atoms with Crippen LogP contribution in [0.4, 0.5) is 17.1 Å². The van der Waals surface area contributed by atoms with Gasteiger partial charge < -0.3 is 9.47 Å². The Labute approximate surface area is 292 Å². The van der Waals surface area contributed by atoms with Crippen LogP contribution in [-0.2, 0) is 0 Å². The second-order valence-electron chi connectivity index (χ2n) is 12.6. The summed E-state index contributed by atoms with van der Waals surface area (Å²) >= 11 is 0. The van der Waals surface area contributed by atoms with Crippen molar-refractivity contribution in [2.75, 3.05) is 4.90 Å². The zero-order valence-corrected chi connectivity index (χ0v) is 27.5. The Morgan fingerprint density at radius 3 is 1.20 bits per heavy atom. The third-order valence-electron chi connectivity index (χ3n) is 9.63. The van der Waals surface area contributed by atoms with Crippen LogP contribution in [0.1, 0.15) is 0 Å². The smallest absolute Gasteiger partial charge is 0.0541 e. The van der Waals surface area contributed by atoms with E-state index < -0.39 is 0 Å². The topological polar surface area (TPSA) is 8.17 Å².